The molecular weight excluding hydrogens is 386 g/mol. The van der Waals surface area contributed by atoms with Gasteiger partial charge in [0, 0.05) is 37.8 Å². The van der Waals surface area contributed by atoms with Gasteiger partial charge in [-0.1, -0.05) is 36.8 Å². The Labute approximate surface area is 183 Å². The summed E-state index contributed by atoms with van der Waals surface area (Å²) in [4.78, 5) is 25.4. The van der Waals surface area contributed by atoms with Crippen LogP contribution in [0.2, 0.25) is 0 Å². The average Bonchev–Trinajstić information content (AvgIpc) is 2.95. The normalized spacial score (nSPS) is 19.7. The minimum absolute atomic E-state index is 0.0182. The summed E-state index contributed by atoms with van der Waals surface area (Å²) < 4.78 is 2.23. The van der Waals surface area contributed by atoms with Gasteiger partial charge in [-0.3, -0.25) is 9.69 Å². The van der Waals surface area contributed by atoms with E-state index >= 15 is 0 Å². The van der Waals surface area contributed by atoms with Crippen LogP contribution in [-0.4, -0.2) is 44.5 Å². The molecule has 6 nitrogen and oxygen atoms in total. The highest BCUT2D eigenvalue weighted by atomic mass is 16.1. The highest BCUT2D eigenvalue weighted by molar-refractivity contribution is 6.04. The third kappa shape index (κ3) is 4.35. The predicted molar refractivity (Wildman–Crippen MR) is 122 cm³/mol. The number of nitrogens with zero attached hydrogens (tertiary/aromatic N) is 4. The molecule has 1 aromatic carbocycles. The lowest BCUT2D eigenvalue weighted by atomic mass is 10.0. The quantitative estimate of drug-likeness (QED) is 0.700. The molecule has 6 heteroatoms. The monoisotopic (exact) mass is 417 g/mol. The van der Waals surface area contributed by atoms with Gasteiger partial charge in [0.2, 0.25) is 0 Å². The number of benzene rings is 1. The number of hydrogen-bond acceptors (Lipinski definition) is 4. The van der Waals surface area contributed by atoms with Gasteiger partial charge in [0.15, 0.2) is 5.65 Å². The number of aryl methyl sites for hydroxylation is 3. The zero-order valence-corrected chi connectivity index (χ0v) is 18.3. The van der Waals surface area contributed by atoms with E-state index in [9.17, 15) is 4.79 Å². The second-order valence-corrected chi connectivity index (χ2v) is 9.01. The lowest BCUT2D eigenvalue weighted by Gasteiger charge is -2.33. The summed E-state index contributed by atoms with van der Waals surface area (Å²) in [5.74, 6) is 1.06. The maximum atomic E-state index is 13.3. The fourth-order valence-electron chi connectivity index (χ4n) is 5.01. The van der Waals surface area contributed by atoms with Crippen molar-refractivity contribution in [3.05, 3.63) is 59.0 Å². The summed E-state index contributed by atoms with van der Waals surface area (Å²) >= 11 is 0. The van der Waals surface area contributed by atoms with Crippen molar-refractivity contribution in [1.29, 1.82) is 0 Å². The lowest BCUT2D eigenvalue weighted by molar-refractivity contribution is 0.0902. The molecule has 2 aliphatic heterocycles. The molecule has 3 aromatic rings. The first-order valence-corrected chi connectivity index (χ1v) is 11.6. The van der Waals surface area contributed by atoms with Crippen molar-refractivity contribution in [3.8, 4) is 0 Å². The maximum absolute atomic E-state index is 13.3. The molecule has 1 atom stereocenters. The number of piperidine rings is 1. The number of aromatic nitrogens is 3. The molecule has 162 valence electrons. The number of carbonyl (C=O) groups is 1. The van der Waals surface area contributed by atoms with Crippen LogP contribution in [0.1, 0.15) is 59.5 Å². The van der Waals surface area contributed by atoms with E-state index < -0.39 is 0 Å². The molecule has 0 bridgehead atoms. The highest BCUT2D eigenvalue weighted by Gasteiger charge is 2.25. The zero-order valence-electron chi connectivity index (χ0n) is 18.3. The number of nitrogens with one attached hydrogen (secondary N) is 1. The van der Waals surface area contributed by atoms with E-state index in [2.05, 4.69) is 45.1 Å². The molecule has 31 heavy (non-hydrogen) atoms. The molecule has 2 aliphatic rings. The topological polar surface area (TPSA) is 63.1 Å². The summed E-state index contributed by atoms with van der Waals surface area (Å²) in [5.41, 5.74) is 4.50. The summed E-state index contributed by atoms with van der Waals surface area (Å²) in [6, 6.07) is 12.6. The Morgan fingerprint density at radius 3 is 2.84 bits per heavy atom. The van der Waals surface area contributed by atoms with E-state index in [0.29, 0.717) is 5.56 Å². The molecule has 0 radical (unpaired) electrons. The highest BCUT2D eigenvalue weighted by Crippen LogP contribution is 2.24. The van der Waals surface area contributed by atoms with Crippen LogP contribution >= 0.6 is 0 Å². The van der Waals surface area contributed by atoms with Gasteiger partial charge in [0.05, 0.1) is 5.56 Å². The maximum Gasteiger partial charge on any atom is 0.253 e. The van der Waals surface area contributed by atoms with Gasteiger partial charge < -0.3 is 9.88 Å². The van der Waals surface area contributed by atoms with Crippen molar-refractivity contribution in [2.24, 2.45) is 0 Å². The largest absolute Gasteiger partial charge is 0.348 e. The Bertz CT molecular complexity index is 1070. The van der Waals surface area contributed by atoms with Gasteiger partial charge in [-0.25, -0.2) is 9.97 Å². The van der Waals surface area contributed by atoms with Crippen LogP contribution in [-0.2, 0) is 19.5 Å². The number of hydrogen-bond donors (Lipinski definition) is 1. The first kappa shape index (κ1) is 20.2. The second-order valence-electron chi connectivity index (χ2n) is 9.01. The van der Waals surface area contributed by atoms with Crippen LogP contribution in [0.15, 0.2) is 36.4 Å². The lowest BCUT2D eigenvalue weighted by Crippen LogP contribution is -2.47. The molecule has 0 saturated carbocycles. The number of fused-ring (bicyclic) bond motifs is 3. The number of pyridine rings is 1. The van der Waals surface area contributed by atoms with Crippen molar-refractivity contribution in [2.45, 2.75) is 64.6 Å². The Balaban J connectivity index is 1.34. The minimum atomic E-state index is -0.0182. The second kappa shape index (κ2) is 8.79. The van der Waals surface area contributed by atoms with Crippen LogP contribution in [0.25, 0.3) is 11.2 Å². The molecule has 1 saturated heterocycles. The van der Waals surface area contributed by atoms with Crippen LogP contribution in [0.4, 0.5) is 0 Å². The van der Waals surface area contributed by atoms with E-state index in [1.807, 2.05) is 13.0 Å². The number of imidazole rings is 1. The number of amides is 1. The van der Waals surface area contributed by atoms with Crippen LogP contribution in [0.3, 0.4) is 0 Å². The molecule has 1 fully saturated rings. The van der Waals surface area contributed by atoms with Crippen molar-refractivity contribution in [3.63, 3.8) is 0 Å². The van der Waals surface area contributed by atoms with Gasteiger partial charge >= 0.3 is 0 Å². The third-order valence-corrected chi connectivity index (χ3v) is 6.53. The van der Waals surface area contributed by atoms with Crippen LogP contribution in [0, 0.1) is 6.92 Å². The van der Waals surface area contributed by atoms with Crippen molar-refractivity contribution in [1.82, 2.24) is 24.8 Å². The first-order chi connectivity index (χ1) is 15.2. The van der Waals surface area contributed by atoms with Gasteiger partial charge in [-0.2, -0.15) is 0 Å². The van der Waals surface area contributed by atoms with Gasteiger partial charge in [-0.15, -0.1) is 0 Å². The number of rotatable bonds is 4. The summed E-state index contributed by atoms with van der Waals surface area (Å²) in [6.07, 6.45) is 6.61. The molecule has 1 amide bonds. The minimum Gasteiger partial charge on any atom is -0.348 e. The van der Waals surface area contributed by atoms with E-state index in [1.54, 1.807) is 0 Å². The molecule has 2 aromatic heterocycles. The molecular formula is C25H31N5O. The first-order valence-electron chi connectivity index (χ1n) is 11.6. The molecule has 5 rings (SSSR count). The van der Waals surface area contributed by atoms with Crippen LogP contribution in [0.5, 0.6) is 0 Å². The Morgan fingerprint density at radius 2 is 1.97 bits per heavy atom. The van der Waals surface area contributed by atoms with E-state index in [4.69, 9.17) is 9.97 Å². The fourth-order valence-corrected chi connectivity index (χ4v) is 5.01. The van der Waals surface area contributed by atoms with E-state index in [1.165, 1.54) is 12.0 Å². The average molecular weight is 418 g/mol. The fraction of sp³-hybridized carbons (Fsp3) is 0.480. The van der Waals surface area contributed by atoms with Gasteiger partial charge in [0.1, 0.15) is 11.3 Å². The van der Waals surface area contributed by atoms with Crippen LogP contribution < -0.4 is 5.32 Å². The molecule has 1 unspecified atom stereocenters. The van der Waals surface area contributed by atoms with Crippen molar-refractivity contribution < 1.29 is 4.79 Å². The summed E-state index contributed by atoms with van der Waals surface area (Å²) in [6.45, 7) is 5.80. The van der Waals surface area contributed by atoms with Gasteiger partial charge in [0.25, 0.3) is 5.91 Å². The van der Waals surface area contributed by atoms with Crippen molar-refractivity contribution in [2.75, 3.05) is 13.1 Å². The molecule has 1 N–H and O–H groups in total. The summed E-state index contributed by atoms with van der Waals surface area (Å²) in [7, 11) is 0. The number of carbonyl (C=O) groups excluding carboxylic acids is 1. The number of likely N-dealkylation sites (tertiary alicyclic amines) is 1. The van der Waals surface area contributed by atoms with Crippen molar-refractivity contribution >= 4 is 17.1 Å². The zero-order chi connectivity index (χ0) is 21.2. The SMILES string of the molecule is Cc1cc(C(=O)NC2CCCN(Cc3ccccc3)C2)c2nc3n(c2n1)CCCCC3. The smallest absolute Gasteiger partial charge is 0.253 e. The standard InChI is InChI=1S/C25H31N5O/c1-18-15-21(23-24(26-18)30-14-7-3-6-12-22(30)28-23)25(31)27-20-11-8-13-29(17-20)16-19-9-4-2-5-10-19/h2,4-5,9-10,15,20H,3,6-8,11-14,16-17H2,1H3,(H,27,31). The van der Waals surface area contributed by atoms with E-state index in [0.717, 1.165) is 81.0 Å². The van der Waals surface area contributed by atoms with Gasteiger partial charge in [-0.05, 0) is 50.8 Å². The Hall–Kier alpha value is -2.73. The third-order valence-electron chi connectivity index (χ3n) is 6.53. The molecule has 0 spiro atoms. The van der Waals surface area contributed by atoms with E-state index in [-0.39, 0.29) is 11.9 Å². The molecule has 0 aliphatic carbocycles. The summed E-state index contributed by atoms with van der Waals surface area (Å²) in [5, 5.41) is 3.31. The Morgan fingerprint density at radius 1 is 1.10 bits per heavy atom. The predicted octanol–water partition coefficient (Wildman–Crippen LogP) is 3.86. The Kier molecular flexibility index (Phi) is 5.72. The molecule has 4 heterocycles.